The number of phenols is 1. The Bertz CT molecular complexity index is 941. The molecule has 6 heteroatoms. The molecule has 3 rings (SSSR count). The number of phenolic OH excluding ortho intramolecular Hbond substituents is 1. The Labute approximate surface area is 170 Å². The van der Waals surface area contributed by atoms with Crippen LogP contribution >= 0.6 is 27.7 Å². The maximum absolute atomic E-state index is 12.0. The Hall–Kier alpha value is -2.57. The van der Waals surface area contributed by atoms with E-state index < -0.39 is 0 Å². The highest BCUT2D eigenvalue weighted by Crippen LogP contribution is 2.23. The normalized spacial score (nSPS) is 10.9. The summed E-state index contributed by atoms with van der Waals surface area (Å²) in [6.45, 7) is 0. The van der Waals surface area contributed by atoms with Gasteiger partial charge in [0.25, 0.3) is 0 Å². The lowest BCUT2D eigenvalue weighted by Crippen LogP contribution is -2.13. The Kier molecular flexibility index (Phi) is 6.68. The molecule has 0 spiro atoms. The van der Waals surface area contributed by atoms with Crippen LogP contribution in [0.2, 0.25) is 0 Å². The number of carbonyl (C=O) groups is 1. The van der Waals surface area contributed by atoms with Crippen molar-refractivity contribution in [1.29, 1.82) is 0 Å². The van der Waals surface area contributed by atoms with E-state index in [2.05, 4.69) is 26.2 Å². The first-order chi connectivity index (χ1) is 13.1. The number of aliphatic imine (C=N–C) groups is 1. The molecule has 136 valence electrons. The van der Waals surface area contributed by atoms with E-state index >= 15 is 0 Å². The first-order valence-electron chi connectivity index (χ1n) is 8.20. The summed E-state index contributed by atoms with van der Waals surface area (Å²) in [5.74, 6) is 0.477. The molecule has 0 saturated carbocycles. The van der Waals surface area contributed by atoms with Gasteiger partial charge in [-0.05, 0) is 60.7 Å². The van der Waals surface area contributed by atoms with Gasteiger partial charge < -0.3 is 10.4 Å². The highest BCUT2D eigenvalue weighted by molar-refractivity contribution is 9.10. The number of nitrogens with zero attached hydrogens (tertiary/aromatic N) is 1. The van der Waals surface area contributed by atoms with Crippen molar-refractivity contribution in [2.75, 3.05) is 11.1 Å². The van der Waals surface area contributed by atoms with E-state index in [9.17, 15) is 9.90 Å². The van der Waals surface area contributed by atoms with Crippen LogP contribution in [0, 0.1) is 0 Å². The first kappa shape index (κ1) is 19.2. The lowest BCUT2D eigenvalue weighted by molar-refractivity contribution is -0.113. The van der Waals surface area contributed by atoms with Gasteiger partial charge in [-0.2, -0.15) is 0 Å². The molecule has 0 unspecified atom stereocenters. The molecule has 0 aliphatic rings. The van der Waals surface area contributed by atoms with E-state index in [1.165, 1.54) is 11.8 Å². The molecule has 27 heavy (non-hydrogen) atoms. The van der Waals surface area contributed by atoms with Gasteiger partial charge in [-0.1, -0.05) is 28.1 Å². The van der Waals surface area contributed by atoms with Crippen molar-refractivity contribution < 1.29 is 9.90 Å². The summed E-state index contributed by atoms with van der Waals surface area (Å²) in [7, 11) is 0. The number of nitrogens with one attached hydrogen (secondary N) is 1. The van der Waals surface area contributed by atoms with E-state index in [-0.39, 0.29) is 11.7 Å². The van der Waals surface area contributed by atoms with Gasteiger partial charge >= 0.3 is 0 Å². The molecule has 3 aromatic rings. The summed E-state index contributed by atoms with van der Waals surface area (Å²) in [6, 6.07) is 22.1. The van der Waals surface area contributed by atoms with Crippen LogP contribution in [0.5, 0.6) is 5.75 Å². The third-order valence-electron chi connectivity index (χ3n) is 3.62. The number of amides is 1. The highest BCUT2D eigenvalue weighted by Gasteiger charge is 2.04. The van der Waals surface area contributed by atoms with Crippen LogP contribution in [-0.4, -0.2) is 23.0 Å². The van der Waals surface area contributed by atoms with Crippen molar-refractivity contribution in [2.45, 2.75) is 4.90 Å². The van der Waals surface area contributed by atoms with Gasteiger partial charge in [0.1, 0.15) is 5.75 Å². The quantitative estimate of drug-likeness (QED) is 0.385. The highest BCUT2D eigenvalue weighted by atomic mass is 79.9. The average Bonchev–Trinajstić information content (AvgIpc) is 2.68. The van der Waals surface area contributed by atoms with Crippen LogP contribution in [0.4, 0.5) is 11.4 Å². The molecule has 0 radical (unpaired) electrons. The second-order valence-corrected chi connectivity index (χ2v) is 7.62. The standard InChI is InChI=1S/C21H17BrN2O2S/c22-16-5-7-18(8-6-16)24-21(26)14-27-19-11-9-17(10-12-19)23-13-15-3-1-2-4-20(15)25/h1-13,25H,14H2,(H,24,26)/b23-13+. The summed E-state index contributed by atoms with van der Waals surface area (Å²) >= 11 is 4.83. The van der Waals surface area contributed by atoms with Gasteiger partial charge in [-0.15, -0.1) is 11.8 Å². The zero-order chi connectivity index (χ0) is 19.1. The largest absolute Gasteiger partial charge is 0.507 e. The summed E-state index contributed by atoms with van der Waals surface area (Å²) in [5.41, 5.74) is 2.22. The van der Waals surface area contributed by atoms with Crippen molar-refractivity contribution in [3.63, 3.8) is 0 Å². The van der Waals surface area contributed by atoms with E-state index in [1.54, 1.807) is 24.4 Å². The van der Waals surface area contributed by atoms with Gasteiger partial charge in [-0.25, -0.2) is 0 Å². The second-order valence-electron chi connectivity index (χ2n) is 5.65. The minimum Gasteiger partial charge on any atom is -0.507 e. The molecule has 0 aliphatic carbocycles. The Morgan fingerprint density at radius 3 is 2.44 bits per heavy atom. The lowest BCUT2D eigenvalue weighted by atomic mass is 10.2. The van der Waals surface area contributed by atoms with Crippen LogP contribution < -0.4 is 5.32 Å². The van der Waals surface area contributed by atoms with Crippen LogP contribution in [0.1, 0.15) is 5.56 Å². The fraction of sp³-hybridized carbons (Fsp3) is 0.0476. The number of halogens is 1. The Balaban J connectivity index is 1.52. The third kappa shape index (κ3) is 5.98. The van der Waals surface area contributed by atoms with Gasteiger partial charge in [-0.3, -0.25) is 9.79 Å². The van der Waals surface area contributed by atoms with Crippen LogP contribution in [0.3, 0.4) is 0 Å². The van der Waals surface area contributed by atoms with Gasteiger partial charge in [0, 0.05) is 26.8 Å². The molecule has 3 aromatic carbocycles. The van der Waals surface area contributed by atoms with Gasteiger partial charge in [0.15, 0.2) is 0 Å². The maximum atomic E-state index is 12.0. The van der Waals surface area contributed by atoms with Crippen LogP contribution in [0.15, 0.2) is 87.2 Å². The zero-order valence-electron chi connectivity index (χ0n) is 14.3. The minimum atomic E-state index is -0.0519. The number of hydrogen-bond acceptors (Lipinski definition) is 4. The van der Waals surface area contributed by atoms with Crippen LogP contribution in [0.25, 0.3) is 0 Å². The number of benzene rings is 3. The molecule has 0 bridgehead atoms. The molecule has 4 nitrogen and oxygen atoms in total. The number of anilines is 1. The second kappa shape index (κ2) is 9.39. The van der Waals surface area contributed by atoms with Crippen molar-refractivity contribution in [3.05, 3.63) is 82.8 Å². The molecular formula is C21H17BrN2O2S. The van der Waals surface area contributed by atoms with Crippen molar-refractivity contribution in [3.8, 4) is 5.75 Å². The van der Waals surface area contributed by atoms with E-state index in [4.69, 9.17) is 0 Å². The molecule has 0 atom stereocenters. The summed E-state index contributed by atoms with van der Waals surface area (Å²) in [6.07, 6.45) is 1.63. The molecular weight excluding hydrogens is 424 g/mol. The summed E-state index contributed by atoms with van der Waals surface area (Å²) < 4.78 is 0.972. The number of hydrogen-bond donors (Lipinski definition) is 2. The number of rotatable bonds is 6. The molecule has 0 fully saturated rings. The number of aromatic hydroxyl groups is 1. The van der Waals surface area contributed by atoms with Crippen molar-refractivity contribution >= 4 is 51.2 Å². The van der Waals surface area contributed by atoms with E-state index in [0.29, 0.717) is 11.3 Å². The van der Waals surface area contributed by atoms with E-state index in [0.717, 1.165) is 20.7 Å². The predicted molar refractivity (Wildman–Crippen MR) is 115 cm³/mol. The molecule has 0 saturated heterocycles. The topological polar surface area (TPSA) is 61.7 Å². The Morgan fingerprint density at radius 1 is 1.04 bits per heavy atom. The molecule has 1 amide bonds. The number of para-hydroxylation sites is 1. The van der Waals surface area contributed by atoms with Gasteiger partial charge in [0.2, 0.25) is 5.91 Å². The molecule has 2 N–H and O–H groups in total. The lowest BCUT2D eigenvalue weighted by Gasteiger charge is -2.05. The smallest absolute Gasteiger partial charge is 0.234 e. The van der Waals surface area contributed by atoms with Crippen LogP contribution in [-0.2, 0) is 4.79 Å². The van der Waals surface area contributed by atoms with E-state index in [1.807, 2.05) is 54.6 Å². The SMILES string of the molecule is O=C(CSc1ccc(/N=C/c2ccccc2O)cc1)Nc1ccc(Br)cc1. The summed E-state index contributed by atoms with van der Waals surface area (Å²) in [4.78, 5) is 17.4. The molecule has 0 aromatic heterocycles. The van der Waals surface area contributed by atoms with Crippen molar-refractivity contribution in [2.24, 2.45) is 4.99 Å². The summed E-state index contributed by atoms with van der Waals surface area (Å²) in [5, 5.41) is 12.6. The minimum absolute atomic E-state index is 0.0519. The maximum Gasteiger partial charge on any atom is 0.234 e. The van der Waals surface area contributed by atoms with Gasteiger partial charge in [0.05, 0.1) is 11.4 Å². The third-order valence-corrected chi connectivity index (χ3v) is 5.16. The van der Waals surface area contributed by atoms with Crippen molar-refractivity contribution in [1.82, 2.24) is 0 Å². The monoisotopic (exact) mass is 440 g/mol. The average molecular weight is 441 g/mol. The first-order valence-corrected chi connectivity index (χ1v) is 9.98. The molecule has 0 aliphatic heterocycles. The predicted octanol–water partition coefficient (Wildman–Crippen LogP) is 5.64. The fourth-order valence-corrected chi connectivity index (χ4v) is 3.21. The zero-order valence-corrected chi connectivity index (χ0v) is 16.7. The fourth-order valence-electron chi connectivity index (χ4n) is 2.25. The Morgan fingerprint density at radius 2 is 1.74 bits per heavy atom. The molecule has 0 heterocycles. The number of carbonyl (C=O) groups excluding carboxylic acids is 1. The number of thioether (sulfide) groups is 1.